The highest BCUT2D eigenvalue weighted by Crippen LogP contribution is 2.10. The topological polar surface area (TPSA) is 91.1 Å². The van der Waals surface area contributed by atoms with Gasteiger partial charge in [0.05, 0.1) is 5.52 Å². The fraction of sp³-hybridized carbons (Fsp3) is 0.308. The molecule has 96 valence electrons. The monoisotopic (exact) mass is 247 g/mol. The summed E-state index contributed by atoms with van der Waals surface area (Å²) in [6, 6.07) is 8.87. The third kappa shape index (κ3) is 2.69. The van der Waals surface area contributed by atoms with Gasteiger partial charge in [0.25, 0.3) is 0 Å². The molecule has 0 radical (unpaired) electrons. The summed E-state index contributed by atoms with van der Waals surface area (Å²) < 4.78 is 0. The molecular weight excluding hydrogens is 230 g/mol. The smallest absolute Gasteiger partial charge is 0.191 e. The van der Waals surface area contributed by atoms with E-state index < -0.39 is 0 Å². The van der Waals surface area contributed by atoms with Gasteiger partial charge < -0.3 is 21.1 Å². The van der Waals surface area contributed by atoms with E-state index in [0.29, 0.717) is 24.3 Å². The summed E-state index contributed by atoms with van der Waals surface area (Å²) in [5.74, 6) is 0.630. The first-order valence-electron chi connectivity index (χ1n) is 5.91. The predicted octanol–water partition coefficient (Wildman–Crippen LogP) is 0.507. The van der Waals surface area contributed by atoms with Crippen LogP contribution in [-0.4, -0.2) is 29.8 Å². The Kier molecular flexibility index (Phi) is 3.96. The summed E-state index contributed by atoms with van der Waals surface area (Å²) in [6.07, 6.45) is 0. The van der Waals surface area contributed by atoms with Gasteiger partial charge in [0, 0.05) is 30.5 Å². The minimum atomic E-state index is -0.0276. The molecule has 1 aromatic heterocycles. The molecule has 0 amide bonds. The molecule has 0 aliphatic carbocycles. The Morgan fingerprint density at radius 2 is 2.17 bits per heavy atom. The molecule has 1 atom stereocenters. The molecule has 2 rings (SSSR count). The van der Waals surface area contributed by atoms with Gasteiger partial charge in [-0.15, -0.1) is 0 Å². The zero-order chi connectivity index (χ0) is 13.0. The van der Waals surface area contributed by atoms with Gasteiger partial charge in [-0.2, -0.15) is 0 Å². The maximum Gasteiger partial charge on any atom is 0.191 e. The van der Waals surface area contributed by atoms with Crippen molar-refractivity contribution in [3.63, 3.8) is 0 Å². The molecule has 0 bridgehead atoms. The lowest BCUT2D eigenvalue weighted by Gasteiger charge is -2.13. The number of para-hydroxylation sites is 1. The van der Waals surface area contributed by atoms with Gasteiger partial charge in [0.2, 0.25) is 0 Å². The minimum Gasteiger partial charge on any atom is -0.396 e. The van der Waals surface area contributed by atoms with Crippen molar-refractivity contribution < 1.29 is 5.11 Å². The first-order chi connectivity index (χ1) is 8.74. The minimum absolute atomic E-state index is 0.0139. The number of fused-ring (bicyclic) bond motifs is 1. The standard InChI is InChI=1S/C13H17N3O2/c14-6-9(8-17)7-15-13-5-12(18)10-3-1-2-4-11(10)16-13/h1-5,9,17H,6-8,14H2,(H2,15,16,18). The molecule has 0 spiro atoms. The van der Waals surface area contributed by atoms with Gasteiger partial charge >= 0.3 is 0 Å². The van der Waals surface area contributed by atoms with Crippen molar-refractivity contribution in [3.05, 3.63) is 40.6 Å². The van der Waals surface area contributed by atoms with Crippen molar-refractivity contribution in [2.45, 2.75) is 0 Å². The van der Waals surface area contributed by atoms with Crippen LogP contribution in [0.1, 0.15) is 0 Å². The predicted molar refractivity (Wildman–Crippen MR) is 72.7 cm³/mol. The molecule has 5 heteroatoms. The average molecular weight is 247 g/mol. The molecule has 1 heterocycles. The summed E-state index contributed by atoms with van der Waals surface area (Å²) in [4.78, 5) is 15.0. The zero-order valence-corrected chi connectivity index (χ0v) is 10.0. The summed E-state index contributed by atoms with van der Waals surface area (Å²) in [6.45, 7) is 0.962. The van der Waals surface area contributed by atoms with Gasteiger partial charge in [-0.25, -0.2) is 0 Å². The number of hydrogen-bond donors (Lipinski definition) is 4. The second-order valence-electron chi connectivity index (χ2n) is 4.26. The van der Waals surface area contributed by atoms with Crippen molar-refractivity contribution in [2.24, 2.45) is 11.7 Å². The average Bonchev–Trinajstić information content (AvgIpc) is 2.40. The number of hydrogen-bond acceptors (Lipinski definition) is 4. The molecular formula is C13H17N3O2. The van der Waals surface area contributed by atoms with Gasteiger partial charge in [0.1, 0.15) is 5.82 Å². The van der Waals surface area contributed by atoms with Crippen LogP contribution in [0.3, 0.4) is 0 Å². The Morgan fingerprint density at radius 1 is 1.39 bits per heavy atom. The van der Waals surface area contributed by atoms with E-state index in [4.69, 9.17) is 10.8 Å². The van der Waals surface area contributed by atoms with E-state index in [-0.39, 0.29) is 18.0 Å². The number of aliphatic hydroxyl groups excluding tert-OH is 1. The van der Waals surface area contributed by atoms with Crippen LogP contribution in [-0.2, 0) is 0 Å². The van der Waals surface area contributed by atoms with Crippen LogP contribution >= 0.6 is 0 Å². The fourth-order valence-corrected chi connectivity index (χ4v) is 1.77. The Bertz CT molecular complexity index is 576. The number of pyridine rings is 1. The maximum atomic E-state index is 11.8. The third-order valence-electron chi connectivity index (χ3n) is 2.91. The number of aromatic nitrogens is 1. The molecule has 18 heavy (non-hydrogen) atoms. The van der Waals surface area contributed by atoms with Crippen LogP contribution < -0.4 is 16.5 Å². The van der Waals surface area contributed by atoms with Crippen molar-refractivity contribution in [1.29, 1.82) is 0 Å². The van der Waals surface area contributed by atoms with Crippen molar-refractivity contribution in [1.82, 2.24) is 4.98 Å². The van der Waals surface area contributed by atoms with Crippen molar-refractivity contribution in [2.75, 3.05) is 25.0 Å². The van der Waals surface area contributed by atoms with Gasteiger partial charge in [-0.05, 0) is 18.7 Å². The molecule has 0 saturated heterocycles. The molecule has 2 aromatic rings. The number of rotatable bonds is 5. The van der Waals surface area contributed by atoms with Crippen LogP contribution in [0.5, 0.6) is 0 Å². The van der Waals surface area contributed by atoms with E-state index in [1.807, 2.05) is 18.2 Å². The SMILES string of the molecule is NCC(CO)CNc1cc(=O)c2ccccc2[nH]1. The highest BCUT2D eigenvalue weighted by molar-refractivity contribution is 5.79. The molecule has 1 aromatic carbocycles. The van der Waals surface area contributed by atoms with Crippen LogP contribution in [0.25, 0.3) is 10.9 Å². The number of anilines is 1. The van der Waals surface area contributed by atoms with E-state index in [2.05, 4.69) is 10.3 Å². The lowest BCUT2D eigenvalue weighted by atomic mass is 10.1. The Hall–Kier alpha value is -1.85. The quantitative estimate of drug-likeness (QED) is 0.619. The fourth-order valence-electron chi connectivity index (χ4n) is 1.77. The van der Waals surface area contributed by atoms with Crippen molar-refractivity contribution >= 4 is 16.7 Å². The van der Waals surface area contributed by atoms with Gasteiger partial charge in [0.15, 0.2) is 5.43 Å². The number of nitrogens with two attached hydrogens (primary N) is 1. The molecule has 5 N–H and O–H groups in total. The molecule has 1 unspecified atom stereocenters. The van der Waals surface area contributed by atoms with E-state index >= 15 is 0 Å². The normalized spacial score (nSPS) is 12.6. The Morgan fingerprint density at radius 3 is 2.89 bits per heavy atom. The molecule has 0 aliphatic rings. The van der Waals surface area contributed by atoms with E-state index in [9.17, 15) is 4.79 Å². The Balaban J connectivity index is 2.22. The van der Waals surface area contributed by atoms with Crippen LogP contribution in [0.15, 0.2) is 35.1 Å². The lowest BCUT2D eigenvalue weighted by molar-refractivity contribution is 0.237. The molecule has 0 saturated carbocycles. The highest BCUT2D eigenvalue weighted by Gasteiger charge is 2.06. The van der Waals surface area contributed by atoms with Gasteiger partial charge in [-0.3, -0.25) is 4.79 Å². The number of benzene rings is 1. The second kappa shape index (κ2) is 5.66. The largest absolute Gasteiger partial charge is 0.396 e. The first kappa shape index (κ1) is 12.6. The molecule has 0 aliphatic heterocycles. The summed E-state index contributed by atoms with van der Waals surface area (Å²) in [7, 11) is 0. The highest BCUT2D eigenvalue weighted by atomic mass is 16.3. The molecule has 5 nitrogen and oxygen atoms in total. The molecule has 0 fully saturated rings. The number of H-pyrrole nitrogens is 1. The lowest BCUT2D eigenvalue weighted by Crippen LogP contribution is -2.26. The van der Waals surface area contributed by atoms with E-state index in [1.54, 1.807) is 6.07 Å². The van der Waals surface area contributed by atoms with Gasteiger partial charge in [-0.1, -0.05) is 12.1 Å². The number of aliphatic hydroxyl groups is 1. The van der Waals surface area contributed by atoms with Crippen LogP contribution in [0.2, 0.25) is 0 Å². The number of nitrogens with one attached hydrogen (secondary N) is 2. The summed E-state index contributed by atoms with van der Waals surface area (Å²) in [5.41, 5.74) is 6.26. The van der Waals surface area contributed by atoms with Crippen LogP contribution in [0, 0.1) is 5.92 Å². The Labute approximate surface area is 105 Å². The second-order valence-corrected chi connectivity index (χ2v) is 4.26. The van der Waals surface area contributed by atoms with Crippen molar-refractivity contribution in [3.8, 4) is 0 Å². The zero-order valence-electron chi connectivity index (χ0n) is 10.0. The van der Waals surface area contributed by atoms with E-state index in [1.165, 1.54) is 6.07 Å². The number of aromatic amines is 1. The van der Waals surface area contributed by atoms with Crippen LogP contribution in [0.4, 0.5) is 5.82 Å². The first-order valence-corrected chi connectivity index (χ1v) is 5.91. The summed E-state index contributed by atoms with van der Waals surface area (Å²) in [5, 5.41) is 12.8. The van der Waals surface area contributed by atoms with E-state index in [0.717, 1.165) is 5.52 Å². The summed E-state index contributed by atoms with van der Waals surface area (Å²) >= 11 is 0. The maximum absolute atomic E-state index is 11.8. The third-order valence-corrected chi connectivity index (χ3v) is 2.91.